The molecule has 4 nitrogen and oxygen atoms in total. The summed E-state index contributed by atoms with van der Waals surface area (Å²) in [6.07, 6.45) is 0.483. The summed E-state index contributed by atoms with van der Waals surface area (Å²) in [4.78, 5) is 18.5. The van der Waals surface area contributed by atoms with Crippen LogP contribution in [0.5, 0.6) is 0 Å². The predicted octanol–water partition coefficient (Wildman–Crippen LogP) is 3.57. The van der Waals surface area contributed by atoms with E-state index < -0.39 is 0 Å². The smallest absolute Gasteiger partial charge is 0.228 e. The van der Waals surface area contributed by atoms with Crippen LogP contribution in [-0.4, -0.2) is 24.0 Å². The fraction of sp³-hybridized carbons (Fsp3) is 0.250. The number of carbonyl (C=O) groups is 1. The summed E-state index contributed by atoms with van der Waals surface area (Å²) in [5.74, 6) is 0.876. The topological polar surface area (TPSA) is 45.2 Å². The van der Waals surface area contributed by atoms with Gasteiger partial charge in [-0.1, -0.05) is 23.7 Å². The first-order valence-electron chi connectivity index (χ1n) is 7.00. The lowest BCUT2D eigenvalue weighted by molar-refractivity contribution is -0.118. The van der Waals surface area contributed by atoms with Gasteiger partial charge in [0.25, 0.3) is 0 Å². The van der Waals surface area contributed by atoms with Gasteiger partial charge in [-0.3, -0.25) is 4.79 Å². The first-order valence-corrected chi connectivity index (χ1v) is 7.38. The molecular formula is C16H16ClN3O. The number of rotatable bonds is 2. The number of benzene rings is 1. The molecule has 21 heavy (non-hydrogen) atoms. The molecular weight excluding hydrogens is 286 g/mol. The van der Waals surface area contributed by atoms with Crippen LogP contribution in [0.15, 0.2) is 36.4 Å². The number of carbonyl (C=O) groups excluding carboxylic acids is 1. The van der Waals surface area contributed by atoms with Gasteiger partial charge in [-0.2, -0.15) is 0 Å². The van der Waals surface area contributed by atoms with Crippen molar-refractivity contribution >= 4 is 29.0 Å². The van der Waals surface area contributed by atoms with E-state index in [1.165, 1.54) is 0 Å². The van der Waals surface area contributed by atoms with Crippen LogP contribution in [0.4, 0.5) is 11.5 Å². The molecule has 0 spiro atoms. The molecule has 1 aliphatic heterocycles. The quantitative estimate of drug-likeness (QED) is 0.922. The lowest BCUT2D eigenvalue weighted by Crippen LogP contribution is -2.29. The van der Waals surface area contributed by atoms with Crippen LogP contribution in [-0.2, 0) is 4.79 Å². The standard InChI is InChI=1S/C16H16ClN3O/c1-2-20-14-7-6-13(11-4-3-5-12(17)10-11)19-16(14)18-9-8-15(20)21/h3-7,10H,2,8-9H2,1H3,(H,18,19). The summed E-state index contributed by atoms with van der Waals surface area (Å²) in [6.45, 7) is 3.22. The number of hydrogen-bond donors (Lipinski definition) is 1. The van der Waals surface area contributed by atoms with Crippen LogP contribution in [0, 0.1) is 0 Å². The van der Waals surface area contributed by atoms with Crippen LogP contribution in [0.3, 0.4) is 0 Å². The van der Waals surface area contributed by atoms with Gasteiger partial charge < -0.3 is 10.2 Å². The molecule has 108 valence electrons. The SMILES string of the molecule is CCN1C(=O)CCNc2nc(-c3cccc(Cl)c3)ccc21. The van der Waals surface area contributed by atoms with Gasteiger partial charge in [0.1, 0.15) is 0 Å². The maximum atomic E-state index is 12.0. The summed E-state index contributed by atoms with van der Waals surface area (Å²) < 4.78 is 0. The molecule has 0 saturated heterocycles. The Morgan fingerprint density at radius 3 is 2.95 bits per heavy atom. The number of anilines is 2. The highest BCUT2D eigenvalue weighted by Crippen LogP contribution is 2.31. The van der Waals surface area contributed by atoms with E-state index in [9.17, 15) is 4.79 Å². The van der Waals surface area contributed by atoms with Gasteiger partial charge in [-0.15, -0.1) is 0 Å². The second-order valence-electron chi connectivity index (χ2n) is 4.89. The van der Waals surface area contributed by atoms with Gasteiger partial charge in [0.15, 0.2) is 5.82 Å². The highest BCUT2D eigenvalue weighted by Gasteiger charge is 2.21. The van der Waals surface area contributed by atoms with Crippen molar-refractivity contribution in [3.05, 3.63) is 41.4 Å². The first kappa shape index (κ1) is 13.9. The summed E-state index contributed by atoms with van der Waals surface area (Å²) in [7, 11) is 0. The summed E-state index contributed by atoms with van der Waals surface area (Å²) in [5, 5.41) is 3.92. The Hall–Kier alpha value is -2.07. The number of pyridine rings is 1. The van der Waals surface area contributed by atoms with E-state index in [0.717, 1.165) is 22.8 Å². The van der Waals surface area contributed by atoms with E-state index in [2.05, 4.69) is 10.3 Å². The summed E-state index contributed by atoms with van der Waals surface area (Å²) in [5.41, 5.74) is 2.64. The van der Waals surface area contributed by atoms with E-state index in [-0.39, 0.29) is 5.91 Å². The highest BCUT2D eigenvalue weighted by molar-refractivity contribution is 6.30. The number of aromatic nitrogens is 1. The Morgan fingerprint density at radius 2 is 2.19 bits per heavy atom. The highest BCUT2D eigenvalue weighted by atomic mass is 35.5. The first-order chi connectivity index (χ1) is 10.2. The number of halogens is 1. The van der Waals surface area contributed by atoms with Gasteiger partial charge in [0.2, 0.25) is 5.91 Å². The Balaban J connectivity index is 2.05. The average Bonchev–Trinajstić information content (AvgIpc) is 2.64. The van der Waals surface area contributed by atoms with E-state index in [4.69, 9.17) is 11.6 Å². The Labute approximate surface area is 128 Å². The lowest BCUT2D eigenvalue weighted by atomic mass is 10.1. The van der Waals surface area contributed by atoms with Crippen molar-refractivity contribution in [1.29, 1.82) is 0 Å². The molecule has 0 fully saturated rings. The molecule has 2 heterocycles. The molecule has 0 aliphatic carbocycles. The third kappa shape index (κ3) is 2.72. The molecule has 0 bridgehead atoms. The molecule has 1 aliphatic rings. The average molecular weight is 302 g/mol. The van der Waals surface area contributed by atoms with Crippen molar-refractivity contribution in [2.75, 3.05) is 23.3 Å². The van der Waals surface area contributed by atoms with E-state index in [0.29, 0.717) is 24.5 Å². The summed E-state index contributed by atoms with van der Waals surface area (Å²) >= 11 is 6.03. The minimum absolute atomic E-state index is 0.126. The van der Waals surface area contributed by atoms with Gasteiger partial charge >= 0.3 is 0 Å². The van der Waals surface area contributed by atoms with E-state index in [1.54, 1.807) is 4.90 Å². The zero-order chi connectivity index (χ0) is 14.8. The zero-order valence-electron chi connectivity index (χ0n) is 11.8. The van der Waals surface area contributed by atoms with Crippen LogP contribution < -0.4 is 10.2 Å². The molecule has 0 unspecified atom stereocenters. The van der Waals surface area contributed by atoms with Crippen LogP contribution in [0.2, 0.25) is 5.02 Å². The number of amides is 1. The molecule has 0 atom stereocenters. The van der Waals surface area contributed by atoms with Crippen molar-refractivity contribution in [2.45, 2.75) is 13.3 Å². The van der Waals surface area contributed by atoms with E-state index in [1.807, 2.05) is 43.3 Å². The van der Waals surface area contributed by atoms with Crippen molar-refractivity contribution in [2.24, 2.45) is 0 Å². The second-order valence-corrected chi connectivity index (χ2v) is 5.33. The van der Waals surface area contributed by atoms with Crippen molar-refractivity contribution in [3.63, 3.8) is 0 Å². The Morgan fingerprint density at radius 1 is 1.33 bits per heavy atom. The Kier molecular flexibility index (Phi) is 3.80. The predicted molar refractivity (Wildman–Crippen MR) is 85.8 cm³/mol. The minimum atomic E-state index is 0.126. The fourth-order valence-corrected chi connectivity index (χ4v) is 2.70. The van der Waals surface area contributed by atoms with Gasteiger partial charge in [-0.25, -0.2) is 4.98 Å². The number of nitrogens with one attached hydrogen (secondary N) is 1. The maximum Gasteiger partial charge on any atom is 0.228 e. The third-order valence-electron chi connectivity index (χ3n) is 3.53. The summed E-state index contributed by atoms with van der Waals surface area (Å²) in [6, 6.07) is 11.5. The zero-order valence-corrected chi connectivity index (χ0v) is 12.5. The lowest BCUT2D eigenvalue weighted by Gasteiger charge is -2.20. The molecule has 2 aromatic rings. The third-order valence-corrected chi connectivity index (χ3v) is 3.77. The van der Waals surface area contributed by atoms with Gasteiger partial charge in [0.05, 0.1) is 11.4 Å². The number of hydrogen-bond acceptors (Lipinski definition) is 3. The molecule has 1 amide bonds. The molecule has 1 aromatic heterocycles. The number of fused-ring (bicyclic) bond motifs is 1. The molecule has 0 radical (unpaired) electrons. The van der Waals surface area contributed by atoms with Crippen molar-refractivity contribution in [3.8, 4) is 11.3 Å². The van der Waals surface area contributed by atoms with Crippen LogP contribution >= 0.6 is 11.6 Å². The van der Waals surface area contributed by atoms with Crippen molar-refractivity contribution in [1.82, 2.24) is 4.98 Å². The molecule has 5 heteroatoms. The molecule has 3 rings (SSSR count). The second kappa shape index (κ2) is 5.74. The van der Waals surface area contributed by atoms with Crippen LogP contribution in [0.25, 0.3) is 11.3 Å². The fourth-order valence-electron chi connectivity index (χ4n) is 2.51. The van der Waals surface area contributed by atoms with Crippen molar-refractivity contribution < 1.29 is 4.79 Å². The number of nitrogens with zero attached hydrogens (tertiary/aromatic N) is 2. The molecule has 1 N–H and O–H groups in total. The monoisotopic (exact) mass is 301 g/mol. The van der Waals surface area contributed by atoms with Gasteiger partial charge in [-0.05, 0) is 31.2 Å². The maximum absolute atomic E-state index is 12.0. The molecule has 0 saturated carbocycles. The van der Waals surface area contributed by atoms with Crippen LogP contribution in [0.1, 0.15) is 13.3 Å². The molecule has 1 aromatic carbocycles. The largest absolute Gasteiger partial charge is 0.368 e. The van der Waals surface area contributed by atoms with Gasteiger partial charge in [0, 0.05) is 30.1 Å². The Bertz CT molecular complexity index is 687. The van der Waals surface area contributed by atoms with E-state index >= 15 is 0 Å². The minimum Gasteiger partial charge on any atom is -0.368 e. The normalized spacial score (nSPS) is 14.4.